The van der Waals surface area contributed by atoms with Crippen molar-refractivity contribution in [2.45, 2.75) is 0 Å². The molecule has 0 aliphatic rings. The van der Waals surface area contributed by atoms with Crippen LogP contribution < -0.4 is 0 Å². The Kier molecular flexibility index (Phi) is 6.43. The van der Waals surface area contributed by atoms with Gasteiger partial charge in [-0.3, -0.25) is 0 Å². The minimum atomic E-state index is 0.505. The molecule has 2 N–H and O–H groups in total. The summed E-state index contributed by atoms with van der Waals surface area (Å²) in [6.45, 7) is 0. The van der Waals surface area contributed by atoms with Gasteiger partial charge in [0.1, 0.15) is 5.52 Å². The first kappa shape index (κ1) is 22.0. The van der Waals surface area contributed by atoms with Gasteiger partial charge in [0.05, 0.1) is 39.3 Å². The van der Waals surface area contributed by atoms with E-state index in [-0.39, 0.29) is 0 Å². The zero-order chi connectivity index (χ0) is 23.3. The molecule has 0 radical (unpaired) electrons. The number of halogens is 2. The molecule has 0 bridgehead atoms. The van der Waals surface area contributed by atoms with Crippen LogP contribution in [0.2, 0.25) is 10.0 Å². The maximum Gasteiger partial charge on any atom is 0.108 e. The standard InChI is InChI=1S/C11H8N2.C10H8.C7H4Cl2N2/c1-2-4-9-8(3-1)5-6-10-11(9)13-7-12-10;1-2-6-10-8-4-3-7-9(10)5-1;8-4-1-2-5-7(6(4)9)11-3-10-5/h1-7H,(H,12,13);1-8H;1-3H,(H,10,11). The predicted octanol–water partition coefficient (Wildman–Crippen LogP) is 8.43. The Morgan fingerprint density at radius 1 is 0.500 bits per heavy atom. The van der Waals surface area contributed by atoms with E-state index in [1.807, 2.05) is 18.2 Å². The molecule has 5 aromatic carbocycles. The van der Waals surface area contributed by atoms with Crippen LogP contribution in [-0.2, 0) is 0 Å². The number of imidazole rings is 2. The summed E-state index contributed by atoms with van der Waals surface area (Å²) in [5.41, 5.74) is 3.77. The molecule has 0 amide bonds. The number of benzene rings is 5. The van der Waals surface area contributed by atoms with Gasteiger partial charge in [-0.25, -0.2) is 9.97 Å². The van der Waals surface area contributed by atoms with Crippen molar-refractivity contribution in [3.63, 3.8) is 0 Å². The SMILES string of the molecule is Clc1ccc2[nH]cnc2c1Cl.c1ccc2c(c1)ccc1[nH]cnc12.c1ccc2ccccc2c1. The van der Waals surface area contributed by atoms with E-state index in [1.54, 1.807) is 18.7 Å². The zero-order valence-corrected chi connectivity index (χ0v) is 19.6. The predicted molar refractivity (Wildman–Crippen MR) is 144 cm³/mol. The molecule has 2 aromatic heterocycles. The van der Waals surface area contributed by atoms with Crippen LogP contribution in [0.25, 0.3) is 43.6 Å². The molecular weight excluding hydrogens is 463 g/mol. The van der Waals surface area contributed by atoms with Crippen LogP contribution in [0.4, 0.5) is 0 Å². The number of aromatic nitrogens is 4. The Bertz CT molecular complexity index is 1640. The number of hydrogen-bond acceptors (Lipinski definition) is 2. The first-order valence-electron chi connectivity index (χ1n) is 10.7. The van der Waals surface area contributed by atoms with Gasteiger partial charge in [0.2, 0.25) is 0 Å². The van der Waals surface area contributed by atoms with Crippen molar-refractivity contribution in [1.29, 1.82) is 0 Å². The van der Waals surface area contributed by atoms with E-state index in [1.165, 1.54) is 21.5 Å². The highest BCUT2D eigenvalue weighted by molar-refractivity contribution is 6.44. The second-order valence-corrected chi connectivity index (χ2v) is 8.38. The molecule has 0 saturated carbocycles. The van der Waals surface area contributed by atoms with Gasteiger partial charge < -0.3 is 9.97 Å². The van der Waals surface area contributed by atoms with Crippen LogP contribution in [-0.4, -0.2) is 19.9 Å². The molecule has 7 aromatic rings. The number of fused-ring (bicyclic) bond motifs is 5. The third-order valence-corrected chi connectivity index (χ3v) is 6.25. The first-order chi connectivity index (χ1) is 16.7. The van der Waals surface area contributed by atoms with E-state index >= 15 is 0 Å². The van der Waals surface area contributed by atoms with E-state index in [4.69, 9.17) is 23.2 Å². The quantitative estimate of drug-likeness (QED) is 0.227. The zero-order valence-electron chi connectivity index (χ0n) is 18.0. The number of nitrogens with one attached hydrogen (secondary N) is 2. The summed E-state index contributed by atoms with van der Waals surface area (Å²) >= 11 is 11.6. The maximum absolute atomic E-state index is 5.85. The van der Waals surface area contributed by atoms with Gasteiger partial charge in [-0.15, -0.1) is 0 Å². The molecule has 0 unspecified atom stereocenters. The summed E-state index contributed by atoms with van der Waals surface area (Å²) in [7, 11) is 0. The van der Waals surface area contributed by atoms with E-state index < -0.39 is 0 Å². The molecule has 0 aliphatic heterocycles. The summed E-state index contributed by atoms with van der Waals surface area (Å²) < 4.78 is 0. The molecule has 166 valence electrons. The van der Waals surface area contributed by atoms with Crippen molar-refractivity contribution < 1.29 is 0 Å². The van der Waals surface area contributed by atoms with Gasteiger partial charge in [0.25, 0.3) is 0 Å². The summed E-state index contributed by atoms with van der Waals surface area (Å²) in [4.78, 5) is 14.3. The van der Waals surface area contributed by atoms with Crippen LogP contribution in [0.15, 0.2) is 110 Å². The topological polar surface area (TPSA) is 57.4 Å². The van der Waals surface area contributed by atoms with Crippen molar-refractivity contribution in [3.05, 3.63) is 120 Å². The Balaban J connectivity index is 0.000000107. The average Bonchev–Trinajstić information content (AvgIpc) is 3.57. The number of hydrogen-bond donors (Lipinski definition) is 2. The lowest BCUT2D eigenvalue weighted by atomic mass is 10.1. The summed E-state index contributed by atoms with van der Waals surface area (Å²) in [6, 6.07) is 32.7. The minimum absolute atomic E-state index is 0.505. The average molecular weight is 483 g/mol. The summed E-state index contributed by atoms with van der Waals surface area (Å²) in [5.74, 6) is 0. The molecule has 0 saturated heterocycles. The van der Waals surface area contributed by atoms with Crippen molar-refractivity contribution in [2.24, 2.45) is 0 Å². The monoisotopic (exact) mass is 482 g/mol. The molecule has 0 spiro atoms. The molecule has 4 nitrogen and oxygen atoms in total. The number of rotatable bonds is 0. The van der Waals surface area contributed by atoms with Gasteiger partial charge in [-0.05, 0) is 34.4 Å². The highest BCUT2D eigenvalue weighted by atomic mass is 35.5. The first-order valence-corrected chi connectivity index (χ1v) is 11.5. The smallest absolute Gasteiger partial charge is 0.108 e. The lowest BCUT2D eigenvalue weighted by Crippen LogP contribution is -1.74. The molecule has 0 fully saturated rings. The minimum Gasteiger partial charge on any atom is -0.345 e. The normalized spacial score (nSPS) is 10.6. The van der Waals surface area contributed by atoms with Crippen molar-refractivity contribution in [2.75, 3.05) is 0 Å². The third kappa shape index (κ3) is 4.60. The van der Waals surface area contributed by atoms with E-state index in [2.05, 4.69) is 92.7 Å². The Labute approximate surface area is 206 Å². The molecule has 2 heterocycles. The lowest BCUT2D eigenvalue weighted by molar-refractivity contribution is 1.34. The Morgan fingerprint density at radius 3 is 1.65 bits per heavy atom. The summed E-state index contributed by atoms with van der Waals surface area (Å²) in [6.07, 6.45) is 3.32. The highest BCUT2D eigenvalue weighted by Gasteiger charge is 2.04. The second-order valence-electron chi connectivity index (χ2n) is 7.59. The molecule has 0 aliphatic carbocycles. The lowest BCUT2D eigenvalue weighted by Gasteiger charge is -1.96. The van der Waals surface area contributed by atoms with Crippen LogP contribution in [0, 0.1) is 0 Å². The highest BCUT2D eigenvalue weighted by Crippen LogP contribution is 2.28. The molecule has 6 heteroatoms. The van der Waals surface area contributed by atoms with E-state index in [9.17, 15) is 0 Å². The van der Waals surface area contributed by atoms with Gasteiger partial charge in [0, 0.05) is 5.39 Å². The molecular formula is C28H20Cl2N4. The Hall–Kier alpha value is -3.86. The third-order valence-electron chi connectivity index (χ3n) is 5.46. The van der Waals surface area contributed by atoms with Gasteiger partial charge in [0.15, 0.2) is 0 Å². The van der Waals surface area contributed by atoms with Gasteiger partial charge >= 0.3 is 0 Å². The van der Waals surface area contributed by atoms with Gasteiger partial charge in [-0.2, -0.15) is 0 Å². The fourth-order valence-electron chi connectivity index (χ4n) is 3.76. The number of nitrogens with zero attached hydrogens (tertiary/aromatic N) is 2. The van der Waals surface area contributed by atoms with Crippen LogP contribution in [0.5, 0.6) is 0 Å². The van der Waals surface area contributed by atoms with Crippen LogP contribution in [0.1, 0.15) is 0 Å². The largest absolute Gasteiger partial charge is 0.345 e. The fraction of sp³-hybridized carbons (Fsp3) is 0. The molecule has 7 rings (SSSR count). The molecule has 0 atom stereocenters. The number of H-pyrrole nitrogens is 2. The fourth-order valence-corrected chi connectivity index (χ4v) is 4.13. The van der Waals surface area contributed by atoms with Gasteiger partial charge in [-0.1, -0.05) is 102 Å². The van der Waals surface area contributed by atoms with Crippen molar-refractivity contribution in [1.82, 2.24) is 19.9 Å². The van der Waals surface area contributed by atoms with Crippen molar-refractivity contribution >= 4 is 66.8 Å². The number of aromatic amines is 2. The van der Waals surface area contributed by atoms with E-state index in [0.717, 1.165) is 22.1 Å². The Morgan fingerprint density at radius 2 is 1.00 bits per heavy atom. The maximum atomic E-state index is 5.85. The van der Waals surface area contributed by atoms with Crippen LogP contribution >= 0.6 is 23.2 Å². The van der Waals surface area contributed by atoms with Crippen molar-refractivity contribution in [3.8, 4) is 0 Å². The van der Waals surface area contributed by atoms with Crippen LogP contribution in [0.3, 0.4) is 0 Å². The second kappa shape index (κ2) is 9.96. The van der Waals surface area contributed by atoms with E-state index in [0.29, 0.717) is 10.0 Å². The molecule has 34 heavy (non-hydrogen) atoms. The summed E-state index contributed by atoms with van der Waals surface area (Å²) in [5, 5.41) is 6.11.